The van der Waals surface area contributed by atoms with Crippen LogP contribution in [0.25, 0.3) is 17.0 Å². The van der Waals surface area contributed by atoms with Gasteiger partial charge in [0.15, 0.2) is 11.5 Å². The van der Waals surface area contributed by atoms with E-state index in [0.717, 1.165) is 25.0 Å². The monoisotopic (exact) mass is 629 g/mol. The lowest BCUT2D eigenvalue weighted by atomic mass is 9.92. The molecular weight excluding hydrogens is 578 g/mol. The first-order valence-electron chi connectivity index (χ1n) is 16.5. The highest BCUT2D eigenvalue weighted by Gasteiger charge is 2.24. The van der Waals surface area contributed by atoms with E-state index in [4.69, 9.17) is 16.3 Å². The van der Waals surface area contributed by atoms with Crippen molar-refractivity contribution in [2.24, 2.45) is 0 Å². The minimum Gasteiger partial charge on any atom is -0.506 e. The number of esters is 1. The van der Waals surface area contributed by atoms with E-state index in [2.05, 4.69) is 27.4 Å². The Balaban J connectivity index is 1.29. The van der Waals surface area contributed by atoms with E-state index in [0.29, 0.717) is 28.7 Å². The fourth-order valence-corrected chi connectivity index (χ4v) is 5.62. The Hall–Kier alpha value is -3.07. The summed E-state index contributed by atoms with van der Waals surface area (Å²) in [5, 5.41) is 21.1. The predicted molar refractivity (Wildman–Crippen MR) is 177 cm³/mol. The van der Waals surface area contributed by atoms with Crippen molar-refractivity contribution in [3.63, 3.8) is 0 Å². The number of ether oxygens (including phenoxy) is 1. The number of halogens is 1. The number of benzene rings is 1. The van der Waals surface area contributed by atoms with Crippen molar-refractivity contribution < 1.29 is 19.4 Å². The molecule has 0 saturated heterocycles. The zero-order chi connectivity index (χ0) is 32.0. The number of unbranched alkanes of at least 4 members (excludes halogenated alkanes) is 13. The Labute approximate surface area is 267 Å². The average molecular weight is 630 g/mol. The number of fused-ring (bicyclic) bond motifs is 1. The Kier molecular flexibility index (Phi) is 14.5. The van der Waals surface area contributed by atoms with Gasteiger partial charge in [-0.05, 0) is 24.6 Å². The van der Waals surface area contributed by atoms with Crippen LogP contribution >= 0.6 is 11.6 Å². The number of phenolic OH excluding ortho intramolecular Hbond substituents is 1. The molecule has 9 nitrogen and oxygen atoms in total. The first-order chi connectivity index (χ1) is 21.1. The van der Waals surface area contributed by atoms with Gasteiger partial charge < -0.3 is 15.2 Å². The molecule has 1 amide bonds. The Morgan fingerprint density at radius 3 is 2.09 bits per heavy atom. The van der Waals surface area contributed by atoms with E-state index >= 15 is 0 Å². The third-order valence-electron chi connectivity index (χ3n) is 7.84. The largest absolute Gasteiger partial charge is 0.506 e. The lowest BCUT2D eigenvalue weighted by Crippen LogP contribution is -2.15. The summed E-state index contributed by atoms with van der Waals surface area (Å²) in [6.07, 6.45) is 17.8. The fraction of sp³-hybridized carbons (Fsp3) is 0.647. The molecule has 0 fully saturated rings. The van der Waals surface area contributed by atoms with Gasteiger partial charge in [-0.2, -0.15) is 4.63 Å². The summed E-state index contributed by atoms with van der Waals surface area (Å²) in [5.74, 6) is -0.494. The van der Waals surface area contributed by atoms with Crippen molar-refractivity contribution >= 4 is 34.8 Å². The van der Waals surface area contributed by atoms with Crippen LogP contribution in [0.3, 0.4) is 0 Å². The van der Waals surface area contributed by atoms with Crippen LogP contribution in [-0.2, 0) is 19.7 Å². The van der Waals surface area contributed by atoms with Crippen molar-refractivity contribution in [2.45, 2.75) is 136 Å². The summed E-state index contributed by atoms with van der Waals surface area (Å²) < 4.78 is 6.83. The molecule has 0 spiro atoms. The van der Waals surface area contributed by atoms with Crippen LogP contribution in [0.15, 0.2) is 18.2 Å². The molecule has 10 heteroatoms. The lowest BCUT2D eigenvalue weighted by molar-refractivity contribution is -0.144. The summed E-state index contributed by atoms with van der Waals surface area (Å²) in [6, 6.07) is 4.72. The summed E-state index contributed by atoms with van der Waals surface area (Å²) in [5.41, 5.74) is 1.93. The maximum absolute atomic E-state index is 12.5. The summed E-state index contributed by atoms with van der Waals surface area (Å²) >= 11 is 6.54. The number of aromatic nitrogens is 4. The number of H-pyrrole nitrogens is 1. The van der Waals surface area contributed by atoms with E-state index in [1.165, 1.54) is 81.3 Å². The topological polar surface area (TPSA) is 122 Å². The van der Waals surface area contributed by atoms with Crippen LogP contribution in [0, 0.1) is 0 Å². The van der Waals surface area contributed by atoms with Crippen LogP contribution < -0.4 is 5.32 Å². The Bertz CT molecular complexity index is 1330. The second-order valence-corrected chi connectivity index (χ2v) is 13.2. The molecule has 244 valence electrons. The van der Waals surface area contributed by atoms with Crippen LogP contribution in [0.2, 0.25) is 5.02 Å². The molecule has 0 saturated carbocycles. The molecule has 2 heterocycles. The quantitative estimate of drug-likeness (QED) is 0.0651. The van der Waals surface area contributed by atoms with Gasteiger partial charge in [-0.3, -0.25) is 14.7 Å². The molecule has 0 unspecified atom stereocenters. The fourth-order valence-electron chi connectivity index (χ4n) is 5.18. The number of carbonyl (C=O) groups excluding carboxylic acids is 2. The highest BCUT2D eigenvalue weighted by atomic mass is 35.5. The maximum atomic E-state index is 12.5. The molecule has 3 rings (SSSR count). The molecule has 0 atom stereocenters. The first kappa shape index (κ1) is 35.4. The minimum absolute atomic E-state index is 0.0210. The lowest BCUT2D eigenvalue weighted by Gasteiger charge is -2.16. The van der Waals surface area contributed by atoms with E-state index in [1.807, 2.05) is 20.8 Å². The van der Waals surface area contributed by atoms with Crippen molar-refractivity contribution in [1.29, 1.82) is 0 Å². The van der Waals surface area contributed by atoms with E-state index in [9.17, 15) is 14.7 Å². The SMILES string of the molecule is CCCCCCCCCCCCCCCCOC(=O)CCC(=O)Nc1cc(-c2nc3c(Cl)c(C(C)(C)C)[nH]n3n2)ccc1O. The Morgan fingerprint density at radius 2 is 1.52 bits per heavy atom. The minimum atomic E-state index is -0.395. The van der Waals surface area contributed by atoms with Gasteiger partial charge in [0.05, 0.1) is 24.4 Å². The van der Waals surface area contributed by atoms with Gasteiger partial charge in [-0.1, -0.05) is 123 Å². The number of aromatic hydroxyl groups is 1. The van der Waals surface area contributed by atoms with E-state index < -0.39 is 11.9 Å². The molecule has 3 aromatic rings. The number of rotatable bonds is 20. The van der Waals surface area contributed by atoms with Crippen LogP contribution in [0.4, 0.5) is 5.69 Å². The van der Waals surface area contributed by atoms with E-state index in [1.54, 1.807) is 12.1 Å². The Morgan fingerprint density at radius 1 is 0.932 bits per heavy atom. The summed E-state index contributed by atoms with van der Waals surface area (Å²) in [7, 11) is 0. The number of hydrogen-bond donors (Lipinski definition) is 3. The number of hydrogen-bond acceptors (Lipinski definition) is 6. The standard InChI is InChI=1S/C34H52ClN5O4/c1-5-6-7-8-9-10-11-12-13-14-15-16-17-18-23-44-29(43)22-21-28(42)36-26-24-25(19-20-27(26)41)32-37-33-30(35)31(34(2,3)4)38-40(33)39-32/h19-20,24,38,41H,5-18,21-23H2,1-4H3,(H,36,42). The maximum Gasteiger partial charge on any atom is 0.306 e. The number of anilines is 1. The van der Waals surface area contributed by atoms with Gasteiger partial charge in [0.25, 0.3) is 0 Å². The molecule has 1 aromatic carbocycles. The molecule has 3 N–H and O–H groups in total. The number of aromatic amines is 1. The van der Waals surface area contributed by atoms with Crippen molar-refractivity contribution in [3.8, 4) is 17.1 Å². The van der Waals surface area contributed by atoms with Gasteiger partial charge in [0, 0.05) is 17.4 Å². The summed E-state index contributed by atoms with van der Waals surface area (Å²) in [6.45, 7) is 8.77. The van der Waals surface area contributed by atoms with Crippen molar-refractivity contribution in [2.75, 3.05) is 11.9 Å². The average Bonchev–Trinajstić information content (AvgIpc) is 3.54. The normalized spacial score (nSPS) is 11.8. The predicted octanol–water partition coefficient (Wildman–Crippen LogP) is 9.12. The third kappa shape index (κ3) is 11.5. The molecule has 2 aromatic heterocycles. The van der Waals surface area contributed by atoms with Gasteiger partial charge in [-0.25, -0.2) is 4.98 Å². The van der Waals surface area contributed by atoms with Crippen LogP contribution in [0.5, 0.6) is 5.75 Å². The number of nitrogens with zero attached hydrogens (tertiary/aromatic N) is 3. The smallest absolute Gasteiger partial charge is 0.306 e. The van der Waals surface area contributed by atoms with Gasteiger partial charge >= 0.3 is 5.97 Å². The molecule has 0 bridgehead atoms. The van der Waals surface area contributed by atoms with Crippen molar-refractivity contribution in [1.82, 2.24) is 19.8 Å². The number of amides is 1. The first-order valence-corrected chi connectivity index (χ1v) is 16.9. The van der Waals surface area contributed by atoms with Gasteiger partial charge in [0.1, 0.15) is 10.8 Å². The third-order valence-corrected chi connectivity index (χ3v) is 8.19. The highest BCUT2D eigenvalue weighted by Crippen LogP contribution is 2.33. The number of carbonyl (C=O) groups is 2. The van der Waals surface area contributed by atoms with Crippen LogP contribution in [-0.4, -0.2) is 43.4 Å². The van der Waals surface area contributed by atoms with Crippen LogP contribution in [0.1, 0.15) is 136 Å². The highest BCUT2D eigenvalue weighted by molar-refractivity contribution is 6.34. The van der Waals surface area contributed by atoms with Gasteiger partial charge in [0.2, 0.25) is 5.91 Å². The molecule has 0 aliphatic carbocycles. The zero-order valence-electron chi connectivity index (χ0n) is 27.1. The second-order valence-electron chi connectivity index (χ2n) is 12.8. The number of nitrogens with one attached hydrogen (secondary N) is 2. The summed E-state index contributed by atoms with van der Waals surface area (Å²) in [4.78, 5) is 29.2. The molecular formula is C34H52ClN5O4. The zero-order valence-corrected chi connectivity index (χ0v) is 27.9. The molecule has 0 aliphatic rings. The van der Waals surface area contributed by atoms with E-state index in [-0.39, 0.29) is 29.7 Å². The second kappa shape index (κ2) is 18.0. The molecule has 44 heavy (non-hydrogen) atoms. The molecule has 0 aliphatic heterocycles. The van der Waals surface area contributed by atoms with Gasteiger partial charge in [-0.15, -0.1) is 5.10 Å². The molecule has 0 radical (unpaired) electrons. The number of phenols is 1. The van der Waals surface area contributed by atoms with Crippen molar-refractivity contribution in [3.05, 3.63) is 28.9 Å².